The first-order valence-corrected chi connectivity index (χ1v) is 4.18. The Bertz CT molecular complexity index is 169. The van der Waals surface area contributed by atoms with E-state index in [9.17, 15) is 4.79 Å². The van der Waals surface area contributed by atoms with Crippen molar-refractivity contribution in [2.45, 2.75) is 32.7 Å². The Morgan fingerprint density at radius 1 is 1.64 bits per heavy atom. The van der Waals surface area contributed by atoms with Crippen molar-refractivity contribution in [3.63, 3.8) is 0 Å². The first kappa shape index (κ1) is 8.53. The lowest BCUT2D eigenvalue weighted by Crippen LogP contribution is -2.42. The summed E-state index contributed by atoms with van der Waals surface area (Å²) in [7, 11) is 0. The molecule has 1 saturated heterocycles. The van der Waals surface area contributed by atoms with Crippen LogP contribution in [-0.2, 0) is 4.79 Å². The van der Waals surface area contributed by atoms with Crippen molar-refractivity contribution in [3.05, 3.63) is 0 Å². The maximum Gasteiger partial charge on any atom is 0.243 e. The number of hydrogen-bond donors (Lipinski definition) is 1. The van der Waals surface area contributed by atoms with E-state index < -0.39 is 0 Å². The van der Waals surface area contributed by atoms with Crippen LogP contribution in [0.3, 0.4) is 0 Å². The highest BCUT2D eigenvalue weighted by atomic mass is 16.2. The van der Waals surface area contributed by atoms with E-state index in [0.717, 1.165) is 13.0 Å². The van der Waals surface area contributed by atoms with Crippen LogP contribution < -0.4 is 5.32 Å². The Hall–Kier alpha value is -0.570. The van der Waals surface area contributed by atoms with Crippen molar-refractivity contribution in [1.29, 1.82) is 0 Å². The Labute approximate surface area is 67.8 Å². The van der Waals surface area contributed by atoms with Crippen LogP contribution in [-0.4, -0.2) is 29.6 Å². The molecule has 0 aliphatic carbocycles. The second kappa shape index (κ2) is 2.81. The highest BCUT2D eigenvalue weighted by Gasteiger charge is 2.39. The minimum Gasteiger partial charge on any atom is -0.329 e. The van der Waals surface area contributed by atoms with Gasteiger partial charge in [0.25, 0.3) is 0 Å². The van der Waals surface area contributed by atoms with Gasteiger partial charge in [-0.15, -0.1) is 0 Å². The molecule has 1 aliphatic rings. The van der Waals surface area contributed by atoms with Gasteiger partial charge in [-0.05, 0) is 20.3 Å². The van der Waals surface area contributed by atoms with E-state index in [4.69, 9.17) is 0 Å². The van der Waals surface area contributed by atoms with E-state index in [1.165, 1.54) is 0 Å². The second-order valence-electron chi connectivity index (χ2n) is 3.18. The lowest BCUT2D eigenvalue weighted by atomic mass is 10.00. The number of nitrogens with one attached hydrogen (secondary N) is 1. The number of carbonyl (C=O) groups excluding carboxylic acids is 1. The van der Waals surface area contributed by atoms with Crippen molar-refractivity contribution >= 4 is 5.91 Å². The quantitative estimate of drug-likeness (QED) is 0.633. The van der Waals surface area contributed by atoms with E-state index in [-0.39, 0.29) is 11.4 Å². The zero-order chi connectivity index (χ0) is 8.48. The molecule has 1 rings (SSSR count). The summed E-state index contributed by atoms with van der Waals surface area (Å²) in [5.74, 6) is 0.238. The predicted octanol–water partition coefficient (Wildman–Crippen LogP) is 0.564. The highest BCUT2D eigenvalue weighted by Crippen LogP contribution is 2.18. The van der Waals surface area contributed by atoms with Gasteiger partial charge >= 0.3 is 0 Å². The van der Waals surface area contributed by atoms with Crippen LogP contribution in [0.5, 0.6) is 0 Å². The average Bonchev–Trinajstić information content (AvgIpc) is 2.31. The zero-order valence-corrected chi connectivity index (χ0v) is 7.48. The molecule has 3 nitrogen and oxygen atoms in total. The number of hydrogen-bond acceptors (Lipinski definition) is 2. The third kappa shape index (κ3) is 1.25. The molecule has 64 valence electrons. The second-order valence-corrected chi connectivity index (χ2v) is 3.18. The summed E-state index contributed by atoms with van der Waals surface area (Å²) in [4.78, 5) is 13.4. The Morgan fingerprint density at radius 2 is 2.27 bits per heavy atom. The van der Waals surface area contributed by atoms with Gasteiger partial charge in [0.1, 0.15) is 0 Å². The summed E-state index contributed by atoms with van der Waals surface area (Å²) in [6.45, 7) is 7.51. The molecule has 0 bridgehead atoms. The molecule has 1 heterocycles. The Balaban J connectivity index is 2.69. The van der Waals surface area contributed by atoms with Gasteiger partial charge < -0.3 is 4.90 Å². The van der Waals surface area contributed by atoms with E-state index in [1.54, 1.807) is 0 Å². The summed E-state index contributed by atoms with van der Waals surface area (Å²) in [6, 6.07) is 0. The van der Waals surface area contributed by atoms with E-state index in [2.05, 4.69) is 5.32 Å². The minimum atomic E-state index is -0.296. The molecular formula is C8H16N2O. The lowest BCUT2D eigenvalue weighted by molar-refractivity contribution is -0.131. The number of rotatable bonds is 2. The van der Waals surface area contributed by atoms with Crippen molar-refractivity contribution in [3.8, 4) is 0 Å². The molecule has 0 radical (unpaired) electrons. The van der Waals surface area contributed by atoms with Gasteiger partial charge in [0, 0.05) is 6.54 Å². The zero-order valence-electron chi connectivity index (χ0n) is 7.48. The smallest absolute Gasteiger partial charge is 0.243 e. The fourth-order valence-electron chi connectivity index (χ4n) is 1.30. The number of likely N-dealkylation sites (N-methyl/N-ethyl adjacent to an activating group) is 1. The number of carbonyl (C=O) groups is 1. The number of nitrogens with zero attached hydrogens (tertiary/aromatic N) is 1. The molecule has 11 heavy (non-hydrogen) atoms. The van der Waals surface area contributed by atoms with Crippen LogP contribution >= 0.6 is 0 Å². The first-order valence-electron chi connectivity index (χ1n) is 4.18. The van der Waals surface area contributed by atoms with Gasteiger partial charge in [-0.1, -0.05) is 6.92 Å². The van der Waals surface area contributed by atoms with E-state index >= 15 is 0 Å². The molecule has 0 aromatic rings. The van der Waals surface area contributed by atoms with Gasteiger partial charge in [-0.2, -0.15) is 0 Å². The summed E-state index contributed by atoms with van der Waals surface area (Å²) in [5, 5.41) is 3.21. The standard InChI is InChI=1S/C8H16N2O/c1-4-8(3)7(11)10(5-2)6-9-8/h9H,4-6H2,1-3H3. The molecule has 0 aromatic carbocycles. The third-order valence-corrected chi connectivity index (χ3v) is 2.51. The average molecular weight is 156 g/mol. The number of amides is 1. The topological polar surface area (TPSA) is 32.3 Å². The maximum atomic E-state index is 11.6. The first-order chi connectivity index (χ1) is 5.14. The monoisotopic (exact) mass is 156 g/mol. The fourth-order valence-corrected chi connectivity index (χ4v) is 1.30. The van der Waals surface area contributed by atoms with Crippen molar-refractivity contribution in [2.24, 2.45) is 0 Å². The summed E-state index contributed by atoms with van der Waals surface area (Å²) in [5.41, 5.74) is -0.296. The SMILES string of the molecule is CCN1CNC(C)(CC)C1=O. The van der Waals surface area contributed by atoms with Crippen LogP contribution in [0.15, 0.2) is 0 Å². The van der Waals surface area contributed by atoms with Gasteiger partial charge in [0.2, 0.25) is 5.91 Å². The molecular weight excluding hydrogens is 140 g/mol. The lowest BCUT2D eigenvalue weighted by Gasteiger charge is -2.19. The Kier molecular flexibility index (Phi) is 2.18. The van der Waals surface area contributed by atoms with Crippen LogP contribution in [0.2, 0.25) is 0 Å². The normalized spacial score (nSPS) is 31.5. The van der Waals surface area contributed by atoms with E-state index in [1.807, 2.05) is 25.7 Å². The van der Waals surface area contributed by atoms with E-state index in [0.29, 0.717) is 6.67 Å². The highest BCUT2D eigenvalue weighted by molar-refractivity contribution is 5.87. The van der Waals surface area contributed by atoms with Crippen LogP contribution in [0.25, 0.3) is 0 Å². The molecule has 1 fully saturated rings. The van der Waals surface area contributed by atoms with Crippen LogP contribution in [0.4, 0.5) is 0 Å². The van der Waals surface area contributed by atoms with Crippen molar-refractivity contribution < 1.29 is 4.79 Å². The fraction of sp³-hybridized carbons (Fsp3) is 0.875. The van der Waals surface area contributed by atoms with Gasteiger partial charge in [0.15, 0.2) is 0 Å². The van der Waals surface area contributed by atoms with Crippen molar-refractivity contribution in [1.82, 2.24) is 10.2 Å². The molecule has 1 unspecified atom stereocenters. The summed E-state index contributed by atoms with van der Waals surface area (Å²) >= 11 is 0. The minimum absolute atomic E-state index is 0.238. The molecule has 1 N–H and O–H groups in total. The maximum absolute atomic E-state index is 11.6. The molecule has 1 atom stereocenters. The van der Waals surface area contributed by atoms with Gasteiger partial charge in [-0.3, -0.25) is 10.1 Å². The molecule has 0 spiro atoms. The predicted molar refractivity (Wildman–Crippen MR) is 44.1 cm³/mol. The molecule has 0 saturated carbocycles. The van der Waals surface area contributed by atoms with Crippen LogP contribution in [0.1, 0.15) is 27.2 Å². The molecule has 1 amide bonds. The third-order valence-electron chi connectivity index (χ3n) is 2.51. The van der Waals surface area contributed by atoms with Gasteiger partial charge in [0.05, 0.1) is 12.2 Å². The molecule has 0 aromatic heterocycles. The Morgan fingerprint density at radius 3 is 2.55 bits per heavy atom. The largest absolute Gasteiger partial charge is 0.329 e. The molecule has 1 aliphatic heterocycles. The van der Waals surface area contributed by atoms with Crippen LogP contribution in [0, 0.1) is 0 Å². The summed E-state index contributed by atoms with van der Waals surface area (Å²) < 4.78 is 0. The van der Waals surface area contributed by atoms with Gasteiger partial charge in [-0.25, -0.2) is 0 Å². The summed E-state index contributed by atoms with van der Waals surface area (Å²) in [6.07, 6.45) is 0.863. The molecule has 3 heteroatoms. The van der Waals surface area contributed by atoms with Crippen molar-refractivity contribution in [2.75, 3.05) is 13.2 Å².